The maximum atomic E-state index is 12.7. The molecule has 0 spiro atoms. The number of nitrogens with zero attached hydrogens (tertiary/aromatic N) is 2. The van der Waals surface area contributed by atoms with Crippen LogP contribution in [0.5, 0.6) is 0 Å². The van der Waals surface area contributed by atoms with Gasteiger partial charge in [0, 0.05) is 42.5 Å². The molecule has 1 aliphatic carbocycles. The fraction of sp³-hybridized carbons (Fsp3) is 0.519. The molecule has 2 heterocycles. The maximum absolute atomic E-state index is 12.7. The Morgan fingerprint density at radius 2 is 1.82 bits per heavy atom. The van der Waals surface area contributed by atoms with Gasteiger partial charge in [0.05, 0.1) is 12.8 Å². The number of rotatable bonds is 5. The molecule has 1 atom stereocenters. The van der Waals surface area contributed by atoms with Gasteiger partial charge < -0.3 is 9.64 Å². The quantitative estimate of drug-likeness (QED) is 0.511. The number of methoxy groups -OCH3 is 1. The molecule has 5 nitrogen and oxygen atoms in total. The summed E-state index contributed by atoms with van der Waals surface area (Å²) in [7, 11) is 1.38. The minimum absolute atomic E-state index is 0.146. The van der Waals surface area contributed by atoms with Crippen LogP contribution in [-0.2, 0) is 27.2 Å². The number of carbonyl (C=O) groups is 2. The average molecular weight is 513 g/mol. The van der Waals surface area contributed by atoms with Crippen LogP contribution >= 0.6 is 15.9 Å². The molecule has 6 heteroatoms. The van der Waals surface area contributed by atoms with E-state index in [0.29, 0.717) is 25.2 Å². The van der Waals surface area contributed by atoms with Gasteiger partial charge in [-0.1, -0.05) is 17.7 Å². The molecule has 33 heavy (non-hydrogen) atoms. The van der Waals surface area contributed by atoms with Crippen molar-refractivity contribution in [1.82, 2.24) is 9.88 Å². The summed E-state index contributed by atoms with van der Waals surface area (Å²) in [6.07, 6.45) is 7.17. The summed E-state index contributed by atoms with van der Waals surface area (Å²) in [5.41, 5.74) is 8.13. The number of pyridine rings is 1. The van der Waals surface area contributed by atoms with Gasteiger partial charge >= 0.3 is 5.97 Å². The summed E-state index contributed by atoms with van der Waals surface area (Å²) in [5.74, 6) is 0.613. The van der Waals surface area contributed by atoms with Gasteiger partial charge in [-0.25, -0.2) is 0 Å². The first-order valence-electron chi connectivity index (χ1n) is 12.0. The Morgan fingerprint density at radius 1 is 1.09 bits per heavy atom. The number of esters is 1. The molecule has 1 aromatic carbocycles. The molecule has 4 rings (SSSR count). The average Bonchev–Trinajstić information content (AvgIpc) is 2.95. The third-order valence-corrected chi connectivity index (χ3v) is 7.65. The Kier molecular flexibility index (Phi) is 7.52. The zero-order valence-corrected chi connectivity index (χ0v) is 21.4. The van der Waals surface area contributed by atoms with Crippen LogP contribution in [0, 0.1) is 19.8 Å². The van der Waals surface area contributed by atoms with Gasteiger partial charge in [-0.05, 0) is 96.1 Å². The summed E-state index contributed by atoms with van der Waals surface area (Å²) < 4.78 is 5.71. The van der Waals surface area contributed by atoms with Gasteiger partial charge in [-0.2, -0.15) is 0 Å². The van der Waals surface area contributed by atoms with Crippen LogP contribution in [0.4, 0.5) is 0 Å². The van der Waals surface area contributed by atoms with E-state index in [2.05, 4.69) is 52.7 Å². The van der Waals surface area contributed by atoms with E-state index in [0.717, 1.165) is 43.2 Å². The molecule has 1 aromatic heterocycles. The van der Waals surface area contributed by atoms with Gasteiger partial charge in [-0.3, -0.25) is 14.6 Å². The summed E-state index contributed by atoms with van der Waals surface area (Å²) in [4.78, 5) is 30.9. The molecule has 0 radical (unpaired) electrons. The molecule has 1 fully saturated rings. The molecule has 1 saturated heterocycles. The number of hydrogen-bond acceptors (Lipinski definition) is 4. The van der Waals surface area contributed by atoms with E-state index < -0.39 is 0 Å². The molecule has 0 N–H and O–H groups in total. The SMILES string of the molecule is COC(=O)CCCC(=O)N1CCC(C2c3ncc(Br)cc3CCc3cc(C)cc(C)c32)CC1. The number of ether oxygens (including phenoxy) is 1. The summed E-state index contributed by atoms with van der Waals surface area (Å²) >= 11 is 3.62. The van der Waals surface area contributed by atoms with Crippen molar-refractivity contribution in [3.05, 3.63) is 62.4 Å². The first-order valence-corrected chi connectivity index (χ1v) is 12.8. The normalized spacial score (nSPS) is 18.3. The van der Waals surface area contributed by atoms with E-state index in [1.165, 1.54) is 40.6 Å². The van der Waals surface area contributed by atoms with Crippen LogP contribution in [0.15, 0.2) is 28.9 Å². The predicted molar refractivity (Wildman–Crippen MR) is 132 cm³/mol. The number of fused-ring (bicyclic) bond motifs is 2. The molecule has 2 aromatic rings. The smallest absolute Gasteiger partial charge is 0.305 e. The van der Waals surface area contributed by atoms with Crippen LogP contribution in [0.25, 0.3) is 0 Å². The third kappa shape index (κ3) is 5.32. The Labute approximate surface area is 205 Å². The first kappa shape index (κ1) is 23.9. The van der Waals surface area contributed by atoms with E-state index >= 15 is 0 Å². The van der Waals surface area contributed by atoms with Crippen molar-refractivity contribution in [3.8, 4) is 0 Å². The van der Waals surface area contributed by atoms with Crippen LogP contribution < -0.4 is 0 Å². The van der Waals surface area contributed by atoms with Gasteiger partial charge in [0.1, 0.15) is 0 Å². The molecule has 176 valence electrons. The first-order chi connectivity index (χ1) is 15.9. The van der Waals surface area contributed by atoms with Crippen LogP contribution in [0.1, 0.15) is 71.5 Å². The molecule has 2 aliphatic rings. The van der Waals surface area contributed by atoms with E-state index in [1.807, 2.05) is 11.1 Å². The Bertz CT molecular complexity index is 1040. The van der Waals surface area contributed by atoms with Crippen LogP contribution in [-0.4, -0.2) is 42.0 Å². The minimum atomic E-state index is -0.253. The van der Waals surface area contributed by atoms with Gasteiger partial charge in [0.15, 0.2) is 0 Å². The summed E-state index contributed by atoms with van der Waals surface area (Å²) in [6, 6.07) is 6.90. The number of carbonyl (C=O) groups excluding carboxylic acids is 2. The Hall–Kier alpha value is -2.21. The third-order valence-electron chi connectivity index (χ3n) is 7.22. The minimum Gasteiger partial charge on any atom is -0.469 e. The molecule has 1 aliphatic heterocycles. The number of hydrogen-bond donors (Lipinski definition) is 0. The highest BCUT2D eigenvalue weighted by molar-refractivity contribution is 9.10. The molecular weight excluding hydrogens is 480 g/mol. The maximum Gasteiger partial charge on any atom is 0.305 e. The molecule has 0 bridgehead atoms. The number of piperidine rings is 1. The zero-order chi connectivity index (χ0) is 23.5. The summed E-state index contributed by atoms with van der Waals surface area (Å²) in [6.45, 7) is 5.96. The second-order valence-corrected chi connectivity index (χ2v) is 10.4. The number of likely N-dealkylation sites (tertiary alicyclic amines) is 1. The molecule has 1 unspecified atom stereocenters. The van der Waals surface area contributed by atoms with Crippen LogP contribution in [0.3, 0.4) is 0 Å². The lowest BCUT2D eigenvalue weighted by molar-refractivity contribution is -0.141. The fourth-order valence-corrected chi connectivity index (χ4v) is 6.06. The second kappa shape index (κ2) is 10.4. The highest BCUT2D eigenvalue weighted by atomic mass is 79.9. The predicted octanol–water partition coefficient (Wildman–Crippen LogP) is 5.27. The van der Waals surface area contributed by atoms with Crippen molar-refractivity contribution in [1.29, 1.82) is 0 Å². The second-order valence-electron chi connectivity index (χ2n) is 9.48. The zero-order valence-electron chi connectivity index (χ0n) is 19.8. The largest absolute Gasteiger partial charge is 0.469 e. The van der Waals surface area contributed by atoms with Gasteiger partial charge in [0.2, 0.25) is 5.91 Å². The molecular formula is C27H33BrN2O3. The van der Waals surface area contributed by atoms with E-state index in [1.54, 1.807) is 0 Å². The topological polar surface area (TPSA) is 59.5 Å². The van der Waals surface area contributed by atoms with Crippen molar-refractivity contribution in [2.45, 2.75) is 64.7 Å². The molecule has 1 amide bonds. The Morgan fingerprint density at radius 3 is 2.55 bits per heavy atom. The number of aromatic nitrogens is 1. The van der Waals surface area contributed by atoms with E-state index in [-0.39, 0.29) is 17.8 Å². The lowest BCUT2D eigenvalue weighted by Gasteiger charge is -2.37. The monoisotopic (exact) mass is 512 g/mol. The highest BCUT2D eigenvalue weighted by Gasteiger charge is 2.35. The number of aryl methyl sites for hydroxylation is 4. The van der Waals surface area contributed by atoms with Crippen molar-refractivity contribution >= 4 is 27.8 Å². The lowest BCUT2D eigenvalue weighted by atomic mass is 9.75. The van der Waals surface area contributed by atoms with Crippen molar-refractivity contribution in [2.24, 2.45) is 5.92 Å². The van der Waals surface area contributed by atoms with Crippen molar-refractivity contribution in [2.75, 3.05) is 20.2 Å². The summed E-state index contributed by atoms with van der Waals surface area (Å²) in [5, 5.41) is 0. The number of benzene rings is 1. The molecule has 0 saturated carbocycles. The van der Waals surface area contributed by atoms with Gasteiger partial charge in [0.25, 0.3) is 0 Å². The number of halogens is 1. The number of amides is 1. The highest BCUT2D eigenvalue weighted by Crippen LogP contribution is 2.44. The van der Waals surface area contributed by atoms with Crippen LogP contribution in [0.2, 0.25) is 0 Å². The van der Waals surface area contributed by atoms with Crippen molar-refractivity contribution < 1.29 is 14.3 Å². The standard InChI is InChI=1S/C27H33BrN2O3/c1-17-13-18(2)25-20(14-17)7-8-21-15-22(28)16-29-27(21)26(25)19-9-11-30(12-10-19)23(31)5-4-6-24(32)33-3/h13-16,19,26H,4-12H2,1-3H3. The van der Waals surface area contributed by atoms with Crippen molar-refractivity contribution in [3.63, 3.8) is 0 Å². The van der Waals surface area contributed by atoms with E-state index in [9.17, 15) is 9.59 Å². The fourth-order valence-electron chi connectivity index (χ4n) is 5.68. The lowest BCUT2D eigenvalue weighted by Crippen LogP contribution is -2.40. The Balaban J connectivity index is 1.54. The van der Waals surface area contributed by atoms with E-state index in [4.69, 9.17) is 4.98 Å². The van der Waals surface area contributed by atoms with Gasteiger partial charge in [-0.15, -0.1) is 0 Å².